The summed E-state index contributed by atoms with van der Waals surface area (Å²) in [5, 5.41) is 0. The van der Waals surface area contributed by atoms with Gasteiger partial charge in [0.05, 0.1) is 7.11 Å². The maximum Gasteiger partial charge on any atom is 0.246 e. The number of nitrogens with two attached hydrogens (primary N) is 1. The van der Waals surface area contributed by atoms with E-state index in [9.17, 15) is 8.42 Å². The topological polar surface area (TPSA) is 72.6 Å². The van der Waals surface area contributed by atoms with Crippen molar-refractivity contribution < 1.29 is 13.2 Å². The molecule has 1 aromatic carbocycles. The van der Waals surface area contributed by atoms with Crippen LogP contribution in [0.5, 0.6) is 5.75 Å². The minimum absolute atomic E-state index is 0. The van der Waals surface area contributed by atoms with E-state index in [1.807, 2.05) is 6.92 Å². The van der Waals surface area contributed by atoms with Crippen LogP contribution in [0, 0.1) is 5.92 Å². The Balaban J connectivity index is 0.00000242. The van der Waals surface area contributed by atoms with Crippen LogP contribution in [-0.4, -0.2) is 39.0 Å². The lowest BCUT2D eigenvalue weighted by Gasteiger charge is -2.34. The quantitative estimate of drug-likeness (QED) is 0.823. The van der Waals surface area contributed by atoms with E-state index in [0.29, 0.717) is 23.3 Å². The Kier molecular flexibility index (Phi) is 7.14. The van der Waals surface area contributed by atoms with Gasteiger partial charge in [-0.05, 0) is 43.9 Å². The molecule has 0 bridgehead atoms. The van der Waals surface area contributed by atoms with Gasteiger partial charge >= 0.3 is 0 Å². The predicted molar refractivity (Wildman–Crippen MR) is 93.1 cm³/mol. The van der Waals surface area contributed by atoms with Gasteiger partial charge in [-0.15, -0.1) is 12.4 Å². The number of halogens is 2. The molecule has 1 fully saturated rings. The second-order valence-corrected chi connectivity index (χ2v) is 8.24. The van der Waals surface area contributed by atoms with Crippen LogP contribution in [0.1, 0.15) is 19.8 Å². The number of hydrogen-bond donors (Lipinski definition) is 1. The number of piperidine rings is 1. The Morgan fingerprint density at radius 1 is 1.45 bits per heavy atom. The zero-order valence-corrected chi connectivity index (χ0v) is 15.9. The van der Waals surface area contributed by atoms with E-state index in [1.54, 1.807) is 18.2 Å². The van der Waals surface area contributed by atoms with Crippen LogP contribution in [0.15, 0.2) is 27.6 Å². The molecular formula is C14H22BrClN2O3S. The molecule has 1 aliphatic rings. The largest absolute Gasteiger partial charge is 0.495 e. The summed E-state index contributed by atoms with van der Waals surface area (Å²) in [7, 11) is -2.10. The van der Waals surface area contributed by atoms with Crippen molar-refractivity contribution in [3.8, 4) is 5.75 Å². The maximum absolute atomic E-state index is 12.9. The van der Waals surface area contributed by atoms with Gasteiger partial charge in [-0.3, -0.25) is 0 Å². The second-order valence-electron chi connectivity index (χ2n) is 5.42. The first-order valence-electron chi connectivity index (χ1n) is 6.95. The summed E-state index contributed by atoms with van der Waals surface area (Å²) in [6, 6.07) is 5.00. The van der Waals surface area contributed by atoms with Crippen LogP contribution in [0.3, 0.4) is 0 Å². The standard InChI is InChI=1S/C14H21BrN2O3S.ClH/c1-10(16)11-4-3-7-17(9-11)21(18,19)14-8-12(15)5-6-13(14)20-2;/h5-6,8,10-11H,3-4,7,9,16H2,1-2H3;1H. The fourth-order valence-corrected chi connectivity index (χ4v) is 4.84. The first kappa shape index (κ1) is 19.7. The summed E-state index contributed by atoms with van der Waals surface area (Å²) < 4.78 is 33.2. The van der Waals surface area contributed by atoms with Gasteiger partial charge in [0, 0.05) is 23.6 Å². The molecule has 2 unspecified atom stereocenters. The molecule has 22 heavy (non-hydrogen) atoms. The van der Waals surface area contributed by atoms with Crippen molar-refractivity contribution in [1.29, 1.82) is 0 Å². The fraction of sp³-hybridized carbons (Fsp3) is 0.571. The Morgan fingerprint density at radius 3 is 2.73 bits per heavy atom. The summed E-state index contributed by atoms with van der Waals surface area (Å²) in [5.41, 5.74) is 5.94. The SMILES string of the molecule is COc1ccc(Br)cc1S(=O)(=O)N1CCCC(C(C)N)C1.Cl. The van der Waals surface area contributed by atoms with Crippen molar-refractivity contribution in [2.24, 2.45) is 11.7 Å². The van der Waals surface area contributed by atoms with Gasteiger partial charge in [0.15, 0.2) is 0 Å². The number of ether oxygens (including phenoxy) is 1. The summed E-state index contributed by atoms with van der Waals surface area (Å²) >= 11 is 3.32. The average Bonchev–Trinajstić information content (AvgIpc) is 2.47. The molecule has 1 saturated heterocycles. The highest BCUT2D eigenvalue weighted by molar-refractivity contribution is 9.10. The molecule has 2 N–H and O–H groups in total. The number of nitrogens with zero attached hydrogens (tertiary/aromatic N) is 1. The van der Waals surface area contributed by atoms with Crippen LogP contribution in [0.2, 0.25) is 0 Å². The molecule has 0 aromatic heterocycles. The number of hydrogen-bond acceptors (Lipinski definition) is 4. The highest BCUT2D eigenvalue weighted by Gasteiger charge is 2.33. The maximum atomic E-state index is 12.9. The smallest absolute Gasteiger partial charge is 0.246 e. The van der Waals surface area contributed by atoms with E-state index in [4.69, 9.17) is 10.5 Å². The lowest BCUT2D eigenvalue weighted by atomic mass is 9.93. The summed E-state index contributed by atoms with van der Waals surface area (Å²) in [6.45, 7) is 2.93. The molecular weight excluding hydrogens is 392 g/mol. The second kappa shape index (κ2) is 7.97. The normalized spacial score (nSPS) is 21.0. The first-order chi connectivity index (χ1) is 9.86. The molecule has 126 valence electrons. The van der Waals surface area contributed by atoms with E-state index in [1.165, 1.54) is 11.4 Å². The average molecular weight is 414 g/mol. The van der Waals surface area contributed by atoms with E-state index in [-0.39, 0.29) is 29.3 Å². The molecule has 0 saturated carbocycles. The van der Waals surface area contributed by atoms with Crippen LogP contribution in [0.25, 0.3) is 0 Å². The molecule has 2 rings (SSSR count). The summed E-state index contributed by atoms with van der Waals surface area (Å²) in [6.07, 6.45) is 1.81. The highest BCUT2D eigenvalue weighted by Crippen LogP contribution is 2.32. The highest BCUT2D eigenvalue weighted by atomic mass is 79.9. The van der Waals surface area contributed by atoms with Crippen LogP contribution in [-0.2, 0) is 10.0 Å². The van der Waals surface area contributed by atoms with E-state index in [0.717, 1.165) is 12.8 Å². The van der Waals surface area contributed by atoms with Gasteiger partial charge in [0.2, 0.25) is 10.0 Å². The Hall–Kier alpha value is -0.340. The molecule has 0 radical (unpaired) electrons. The molecule has 1 heterocycles. The Morgan fingerprint density at radius 2 is 2.14 bits per heavy atom. The number of sulfonamides is 1. The van der Waals surface area contributed by atoms with Crippen molar-refractivity contribution in [1.82, 2.24) is 4.31 Å². The molecule has 2 atom stereocenters. The van der Waals surface area contributed by atoms with Gasteiger partial charge in [-0.2, -0.15) is 4.31 Å². The number of benzene rings is 1. The molecule has 5 nitrogen and oxygen atoms in total. The lowest BCUT2D eigenvalue weighted by Crippen LogP contribution is -2.45. The van der Waals surface area contributed by atoms with Crippen LogP contribution < -0.4 is 10.5 Å². The van der Waals surface area contributed by atoms with E-state index in [2.05, 4.69) is 15.9 Å². The first-order valence-corrected chi connectivity index (χ1v) is 9.19. The zero-order valence-electron chi connectivity index (χ0n) is 12.7. The molecule has 0 spiro atoms. The van der Waals surface area contributed by atoms with Crippen molar-refractivity contribution >= 4 is 38.4 Å². The Labute approximate surface area is 146 Å². The van der Waals surface area contributed by atoms with Gasteiger partial charge < -0.3 is 10.5 Å². The number of rotatable bonds is 4. The molecule has 1 aliphatic heterocycles. The predicted octanol–water partition coefficient (Wildman–Crippen LogP) is 2.63. The fourth-order valence-electron chi connectivity index (χ4n) is 2.61. The monoisotopic (exact) mass is 412 g/mol. The van der Waals surface area contributed by atoms with Crippen LogP contribution >= 0.6 is 28.3 Å². The van der Waals surface area contributed by atoms with Gasteiger partial charge in [-0.25, -0.2) is 8.42 Å². The number of methoxy groups -OCH3 is 1. The third-order valence-electron chi connectivity index (χ3n) is 3.91. The Bertz CT molecular complexity index is 610. The summed E-state index contributed by atoms with van der Waals surface area (Å²) in [4.78, 5) is 0.199. The van der Waals surface area contributed by atoms with Crippen molar-refractivity contribution in [2.45, 2.75) is 30.7 Å². The van der Waals surface area contributed by atoms with Crippen molar-refractivity contribution in [3.63, 3.8) is 0 Å². The third-order valence-corrected chi connectivity index (χ3v) is 6.29. The van der Waals surface area contributed by atoms with Crippen LogP contribution in [0.4, 0.5) is 0 Å². The molecule has 0 aliphatic carbocycles. The van der Waals surface area contributed by atoms with E-state index >= 15 is 0 Å². The minimum atomic E-state index is -3.57. The van der Waals surface area contributed by atoms with Crippen molar-refractivity contribution in [2.75, 3.05) is 20.2 Å². The summed E-state index contributed by atoms with van der Waals surface area (Å²) in [5.74, 6) is 0.563. The molecule has 0 amide bonds. The van der Waals surface area contributed by atoms with Crippen molar-refractivity contribution in [3.05, 3.63) is 22.7 Å². The zero-order chi connectivity index (χ0) is 15.6. The molecule has 8 heteroatoms. The molecule has 1 aromatic rings. The third kappa shape index (κ3) is 4.14. The van der Waals surface area contributed by atoms with E-state index < -0.39 is 10.0 Å². The van der Waals surface area contributed by atoms with Gasteiger partial charge in [0.1, 0.15) is 10.6 Å². The minimum Gasteiger partial charge on any atom is -0.495 e. The lowest BCUT2D eigenvalue weighted by molar-refractivity contribution is 0.242. The van der Waals surface area contributed by atoms with Gasteiger partial charge in [-0.1, -0.05) is 15.9 Å². The van der Waals surface area contributed by atoms with Gasteiger partial charge in [0.25, 0.3) is 0 Å².